The zero-order valence-corrected chi connectivity index (χ0v) is 11.2. The van der Waals surface area contributed by atoms with Crippen molar-refractivity contribution in [3.05, 3.63) is 29.3 Å². The Kier molecular flexibility index (Phi) is 3.45. The molecule has 0 amide bonds. The molecule has 2 rings (SSSR count). The van der Waals surface area contributed by atoms with Crippen molar-refractivity contribution in [2.24, 2.45) is 7.05 Å². The first-order chi connectivity index (χ1) is 8.60. The van der Waals surface area contributed by atoms with Gasteiger partial charge in [0.1, 0.15) is 17.5 Å². The molecule has 96 valence electrons. The normalized spacial score (nSPS) is 10.4. The molecule has 0 unspecified atom stereocenters. The second kappa shape index (κ2) is 5.03. The number of rotatable bonds is 4. The van der Waals surface area contributed by atoms with Crippen LogP contribution in [0.25, 0.3) is 0 Å². The average molecular weight is 246 g/mol. The zero-order chi connectivity index (χ0) is 13.1. The van der Waals surface area contributed by atoms with Crippen LogP contribution in [-0.2, 0) is 13.6 Å². The fourth-order valence-electron chi connectivity index (χ4n) is 1.79. The molecule has 6 nitrogen and oxygen atoms in total. The quantitative estimate of drug-likeness (QED) is 0.855. The molecule has 0 spiro atoms. The Hall–Kier alpha value is -2.11. The Labute approximate surface area is 106 Å². The molecular weight excluding hydrogens is 228 g/mol. The summed E-state index contributed by atoms with van der Waals surface area (Å²) in [7, 11) is 3.77. The fraction of sp³-hybridized carbons (Fsp3) is 0.417. The van der Waals surface area contributed by atoms with Crippen LogP contribution in [0.2, 0.25) is 0 Å². The molecule has 2 heterocycles. The number of hydrogen-bond acceptors (Lipinski definition) is 5. The van der Waals surface area contributed by atoms with E-state index in [1.807, 2.05) is 40.3 Å². The van der Waals surface area contributed by atoms with Gasteiger partial charge in [0, 0.05) is 38.0 Å². The zero-order valence-electron chi connectivity index (χ0n) is 11.2. The van der Waals surface area contributed by atoms with Crippen molar-refractivity contribution in [1.29, 1.82) is 0 Å². The molecule has 2 N–H and O–H groups in total. The van der Waals surface area contributed by atoms with Crippen LogP contribution >= 0.6 is 0 Å². The summed E-state index contributed by atoms with van der Waals surface area (Å²) in [5.41, 5.74) is 2.14. The second-order valence-electron chi connectivity index (χ2n) is 4.22. The molecule has 0 saturated carbocycles. The monoisotopic (exact) mass is 246 g/mol. The van der Waals surface area contributed by atoms with Gasteiger partial charge in [-0.1, -0.05) is 0 Å². The van der Waals surface area contributed by atoms with Crippen molar-refractivity contribution in [2.75, 3.05) is 17.7 Å². The predicted molar refractivity (Wildman–Crippen MR) is 71.6 cm³/mol. The number of nitrogens with zero attached hydrogens (tertiary/aromatic N) is 4. The van der Waals surface area contributed by atoms with Gasteiger partial charge in [0.15, 0.2) is 0 Å². The molecule has 0 bridgehead atoms. The van der Waals surface area contributed by atoms with Gasteiger partial charge in [-0.05, 0) is 13.8 Å². The number of anilines is 2. The van der Waals surface area contributed by atoms with E-state index in [2.05, 4.69) is 25.7 Å². The standard InChI is InChI=1S/C12H18N6/c1-8-11(13-3)16-9(2)17-12(8)14-5-10-6-15-18(4)7-10/h6-7H,5H2,1-4H3,(H2,13,14,16,17). The van der Waals surface area contributed by atoms with Gasteiger partial charge in [-0.3, -0.25) is 4.68 Å². The van der Waals surface area contributed by atoms with Crippen LogP contribution in [0, 0.1) is 13.8 Å². The van der Waals surface area contributed by atoms with Gasteiger partial charge in [-0.15, -0.1) is 0 Å². The third-order valence-corrected chi connectivity index (χ3v) is 2.71. The Balaban J connectivity index is 2.16. The van der Waals surface area contributed by atoms with E-state index in [9.17, 15) is 0 Å². The van der Waals surface area contributed by atoms with E-state index in [4.69, 9.17) is 0 Å². The highest BCUT2D eigenvalue weighted by Crippen LogP contribution is 2.19. The maximum atomic E-state index is 4.41. The van der Waals surface area contributed by atoms with E-state index >= 15 is 0 Å². The van der Waals surface area contributed by atoms with Gasteiger partial charge < -0.3 is 10.6 Å². The molecule has 18 heavy (non-hydrogen) atoms. The van der Waals surface area contributed by atoms with Crippen LogP contribution in [-0.4, -0.2) is 26.8 Å². The summed E-state index contributed by atoms with van der Waals surface area (Å²) in [4.78, 5) is 8.75. The fourth-order valence-corrected chi connectivity index (χ4v) is 1.79. The van der Waals surface area contributed by atoms with Gasteiger partial charge in [0.05, 0.1) is 6.20 Å². The topological polar surface area (TPSA) is 67.7 Å². The summed E-state index contributed by atoms with van der Waals surface area (Å²) in [6.07, 6.45) is 3.82. The van der Waals surface area contributed by atoms with Crippen LogP contribution in [0.4, 0.5) is 11.6 Å². The highest BCUT2D eigenvalue weighted by Gasteiger charge is 2.07. The third kappa shape index (κ3) is 2.58. The Bertz CT molecular complexity index is 545. The van der Waals surface area contributed by atoms with Crippen molar-refractivity contribution in [2.45, 2.75) is 20.4 Å². The molecule has 0 saturated heterocycles. The minimum atomic E-state index is 0.703. The summed E-state index contributed by atoms with van der Waals surface area (Å²) in [6, 6.07) is 0. The van der Waals surface area contributed by atoms with E-state index < -0.39 is 0 Å². The van der Waals surface area contributed by atoms with Gasteiger partial charge in [0.2, 0.25) is 0 Å². The predicted octanol–water partition coefficient (Wildman–Crippen LogP) is 1.48. The van der Waals surface area contributed by atoms with Crippen molar-refractivity contribution in [1.82, 2.24) is 19.7 Å². The van der Waals surface area contributed by atoms with Gasteiger partial charge >= 0.3 is 0 Å². The molecule has 0 aliphatic rings. The lowest BCUT2D eigenvalue weighted by molar-refractivity contribution is 0.767. The number of aryl methyl sites for hydroxylation is 2. The first-order valence-electron chi connectivity index (χ1n) is 5.84. The van der Waals surface area contributed by atoms with Crippen molar-refractivity contribution in [3.8, 4) is 0 Å². The molecule has 0 atom stereocenters. The van der Waals surface area contributed by atoms with E-state index in [0.717, 1.165) is 28.6 Å². The summed E-state index contributed by atoms with van der Waals surface area (Å²) >= 11 is 0. The average Bonchev–Trinajstić information content (AvgIpc) is 2.75. The van der Waals surface area contributed by atoms with E-state index in [1.54, 1.807) is 4.68 Å². The van der Waals surface area contributed by atoms with Crippen LogP contribution in [0.15, 0.2) is 12.4 Å². The van der Waals surface area contributed by atoms with Crippen molar-refractivity contribution < 1.29 is 0 Å². The third-order valence-electron chi connectivity index (χ3n) is 2.71. The molecule has 2 aromatic heterocycles. The molecule has 0 aromatic carbocycles. The maximum absolute atomic E-state index is 4.41. The lowest BCUT2D eigenvalue weighted by Crippen LogP contribution is -2.08. The van der Waals surface area contributed by atoms with Crippen molar-refractivity contribution >= 4 is 11.6 Å². The van der Waals surface area contributed by atoms with Crippen LogP contribution in [0.3, 0.4) is 0 Å². The molecule has 0 radical (unpaired) electrons. The van der Waals surface area contributed by atoms with Gasteiger partial charge in [-0.2, -0.15) is 5.10 Å². The lowest BCUT2D eigenvalue weighted by Gasteiger charge is -2.11. The van der Waals surface area contributed by atoms with Gasteiger partial charge in [-0.25, -0.2) is 9.97 Å². The smallest absolute Gasteiger partial charge is 0.135 e. The second-order valence-corrected chi connectivity index (χ2v) is 4.22. The summed E-state index contributed by atoms with van der Waals surface area (Å²) in [6.45, 7) is 4.58. The minimum absolute atomic E-state index is 0.703. The summed E-state index contributed by atoms with van der Waals surface area (Å²) in [5.74, 6) is 2.46. The van der Waals surface area contributed by atoms with E-state index in [1.165, 1.54) is 0 Å². The largest absolute Gasteiger partial charge is 0.373 e. The van der Waals surface area contributed by atoms with Gasteiger partial charge in [0.25, 0.3) is 0 Å². The Morgan fingerprint density at radius 1 is 1.22 bits per heavy atom. The number of nitrogens with one attached hydrogen (secondary N) is 2. The first kappa shape index (κ1) is 12.3. The number of hydrogen-bond donors (Lipinski definition) is 2. The lowest BCUT2D eigenvalue weighted by atomic mass is 10.3. The highest BCUT2D eigenvalue weighted by atomic mass is 15.2. The maximum Gasteiger partial charge on any atom is 0.135 e. The molecule has 0 aliphatic carbocycles. The highest BCUT2D eigenvalue weighted by molar-refractivity contribution is 5.56. The van der Waals surface area contributed by atoms with Crippen LogP contribution in [0.5, 0.6) is 0 Å². The molecule has 2 aromatic rings. The molecule has 6 heteroatoms. The van der Waals surface area contributed by atoms with Crippen LogP contribution in [0.1, 0.15) is 17.0 Å². The van der Waals surface area contributed by atoms with E-state index in [-0.39, 0.29) is 0 Å². The minimum Gasteiger partial charge on any atom is -0.373 e. The molecule has 0 fully saturated rings. The first-order valence-corrected chi connectivity index (χ1v) is 5.84. The Morgan fingerprint density at radius 2 is 1.94 bits per heavy atom. The summed E-state index contributed by atoms with van der Waals surface area (Å²) in [5, 5.41) is 10.5. The number of aromatic nitrogens is 4. The SMILES string of the molecule is CNc1nc(C)nc(NCc2cnn(C)c2)c1C. The molecular formula is C12H18N6. The summed E-state index contributed by atoms with van der Waals surface area (Å²) < 4.78 is 1.79. The Morgan fingerprint density at radius 3 is 2.56 bits per heavy atom. The molecule has 0 aliphatic heterocycles. The van der Waals surface area contributed by atoms with Crippen molar-refractivity contribution in [3.63, 3.8) is 0 Å². The van der Waals surface area contributed by atoms with E-state index in [0.29, 0.717) is 6.54 Å². The van der Waals surface area contributed by atoms with Crippen LogP contribution < -0.4 is 10.6 Å².